The molecule has 0 aliphatic heterocycles. The first-order chi connectivity index (χ1) is 24.9. The summed E-state index contributed by atoms with van der Waals surface area (Å²) in [6.07, 6.45) is 6.10. The first kappa shape index (κ1) is 27.5. The van der Waals surface area contributed by atoms with Gasteiger partial charge in [-0.05, 0) is 126 Å². The number of aryl methyl sites for hydroxylation is 3. The average Bonchev–Trinajstić information content (AvgIpc) is 3.54. The number of imidazole rings is 1. The normalized spacial score (nSPS) is 14.2. The van der Waals surface area contributed by atoms with Crippen LogP contribution in [0.2, 0.25) is 0 Å². The molecule has 0 spiro atoms. The Labute approximate surface area is 293 Å². The second kappa shape index (κ2) is 12.2. The van der Waals surface area contributed by atoms with Crippen molar-refractivity contribution in [3.63, 3.8) is 0 Å². The van der Waals surface area contributed by atoms with E-state index in [1.807, 2.05) is 48.7 Å². The van der Waals surface area contributed by atoms with Crippen molar-refractivity contribution in [1.82, 2.24) is 14.5 Å². The van der Waals surface area contributed by atoms with Gasteiger partial charge in [-0.15, -0.1) is 0 Å². The highest BCUT2D eigenvalue weighted by atomic mass is 16.3. The van der Waals surface area contributed by atoms with Crippen molar-refractivity contribution in [3.8, 4) is 56.3 Å². The number of aromatic hydroxyl groups is 1. The standard InChI is InChI=1S/C45H41N3O/c1-29-17-19-30(20-18-29)33-21-22-46-40(27-33)35-23-34(24-36(25-35)45(2,3)4)38-15-10-16-41-43(38)47-44(48(41)37-13-6-5-7-14-37)39-26-31-11-8-9-12-32(31)28-42(39)49/h5-7,10,13-28,49H,8-9,11-12H2,1-4H3/i1D3. The maximum Gasteiger partial charge on any atom is 0.149 e. The van der Waals surface area contributed by atoms with Crippen molar-refractivity contribution in [1.29, 1.82) is 0 Å². The molecule has 0 radical (unpaired) electrons. The van der Waals surface area contributed by atoms with Crippen LogP contribution < -0.4 is 0 Å². The molecule has 4 nitrogen and oxygen atoms in total. The minimum Gasteiger partial charge on any atom is -0.507 e. The van der Waals surface area contributed by atoms with Crippen molar-refractivity contribution in [2.75, 3.05) is 0 Å². The molecular weight excluding hydrogens is 599 g/mol. The zero-order chi connectivity index (χ0) is 36.2. The molecule has 2 aromatic heterocycles. The third-order valence-electron chi connectivity index (χ3n) is 9.78. The molecule has 0 fully saturated rings. The molecule has 2 heterocycles. The van der Waals surface area contributed by atoms with Gasteiger partial charge < -0.3 is 5.11 Å². The molecule has 1 N–H and O–H groups in total. The highest BCUT2D eigenvalue weighted by Crippen LogP contribution is 2.41. The van der Waals surface area contributed by atoms with Crippen molar-refractivity contribution >= 4 is 11.0 Å². The van der Waals surface area contributed by atoms with Gasteiger partial charge in [-0.3, -0.25) is 9.55 Å². The Morgan fingerprint density at radius 3 is 2.20 bits per heavy atom. The van der Waals surface area contributed by atoms with Gasteiger partial charge in [0.1, 0.15) is 11.6 Å². The molecule has 0 amide bonds. The lowest BCUT2D eigenvalue weighted by Crippen LogP contribution is -2.11. The van der Waals surface area contributed by atoms with E-state index in [-0.39, 0.29) is 11.2 Å². The lowest BCUT2D eigenvalue weighted by Gasteiger charge is -2.22. The van der Waals surface area contributed by atoms with Gasteiger partial charge in [0, 0.05) is 27.1 Å². The summed E-state index contributed by atoms with van der Waals surface area (Å²) in [4.78, 5) is 10.2. The molecular formula is C45H41N3O. The highest BCUT2D eigenvalue weighted by Gasteiger charge is 2.23. The van der Waals surface area contributed by atoms with E-state index in [0.717, 1.165) is 81.5 Å². The number of hydrogen-bond donors (Lipinski definition) is 1. The maximum absolute atomic E-state index is 11.5. The van der Waals surface area contributed by atoms with Gasteiger partial charge in [0.2, 0.25) is 0 Å². The number of fused-ring (bicyclic) bond motifs is 2. The predicted octanol–water partition coefficient (Wildman–Crippen LogP) is 11.3. The summed E-state index contributed by atoms with van der Waals surface area (Å²) in [5.41, 5.74) is 13.1. The Morgan fingerprint density at radius 2 is 1.45 bits per heavy atom. The van der Waals surface area contributed by atoms with Crippen LogP contribution in [0.15, 0.2) is 121 Å². The van der Waals surface area contributed by atoms with Crippen LogP contribution in [0.3, 0.4) is 0 Å². The van der Waals surface area contributed by atoms with Crippen LogP contribution in [0.1, 0.15) is 60.0 Å². The summed E-state index contributed by atoms with van der Waals surface area (Å²) in [6.45, 7) is 4.50. The molecule has 1 aliphatic rings. The Hall–Kier alpha value is -5.48. The Morgan fingerprint density at radius 1 is 0.694 bits per heavy atom. The molecule has 0 bridgehead atoms. The second-order valence-electron chi connectivity index (χ2n) is 14.2. The Balaban J connectivity index is 1.30. The van der Waals surface area contributed by atoms with Gasteiger partial charge in [-0.25, -0.2) is 4.98 Å². The van der Waals surface area contributed by atoms with Crippen molar-refractivity contribution in [3.05, 3.63) is 144 Å². The fourth-order valence-electron chi connectivity index (χ4n) is 7.10. The summed E-state index contributed by atoms with van der Waals surface area (Å²) in [5.74, 6) is 0.969. The fraction of sp³-hybridized carbons (Fsp3) is 0.200. The number of phenolic OH excluding ortho intramolecular Hbond substituents is 1. The Kier molecular flexibility index (Phi) is 6.84. The minimum atomic E-state index is -2.15. The summed E-state index contributed by atoms with van der Waals surface area (Å²) in [6, 6.07) is 38.4. The lowest BCUT2D eigenvalue weighted by molar-refractivity contribution is 0.474. The van der Waals surface area contributed by atoms with E-state index in [1.165, 1.54) is 16.7 Å². The van der Waals surface area contributed by atoms with E-state index in [2.05, 4.69) is 86.0 Å². The molecule has 242 valence electrons. The highest BCUT2D eigenvalue weighted by molar-refractivity contribution is 5.97. The van der Waals surface area contributed by atoms with Crippen molar-refractivity contribution < 1.29 is 9.22 Å². The van der Waals surface area contributed by atoms with Gasteiger partial charge in [-0.2, -0.15) is 0 Å². The van der Waals surface area contributed by atoms with Crippen LogP contribution in [-0.2, 0) is 18.3 Å². The van der Waals surface area contributed by atoms with E-state index in [0.29, 0.717) is 11.4 Å². The number of hydrogen-bond acceptors (Lipinski definition) is 3. The van der Waals surface area contributed by atoms with E-state index in [9.17, 15) is 5.11 Å². The molecule has 0 saturated heterocycles. The third kappa shape index (κ3) is 5.82. The van der Waals surface area contributed by atoms with Gasteiger partial charge >= 0.3 is 0 Å². The lowest BCUT2D eigenvalue weighted by atomic mass is 9.83. The number of nitrogens with zero attached hydrogens (tertiary/aromatic N) is 3. The van der Waals surface area contributed by atoms with Crippen molar-refractivity contribution in [2.45, 2.75) is 58.7 Å². The van der Waals surface area contributed by atoms with Gasteiger partial charge in [0.15, 0.2) is 0 Å². The van der Waals surface area contributed by atoms with E-state index in [4.69, 9.17) is 14.1 Å². The van der Waals surface area contributed by atoms with Crippen LogP contribution in [-0.4, -0.2) is 19.6 Å². The molecule has 8 rings (SSSR count). The molecule has 1 aliphatic carbocycles. The molecule has 4 heteroatoms. The first-order valence-electron chi connectivity index (χ1n) is 18.6. The summed E-state index contributed by atoms with van der Waals surface area (Å²) >= 11 is 0. The smallest absolute Gasteiger partial charge is 0.149 e. The maximum atomic E-state index is 11.5. The largest absolute Gasteiger partial charge is 0.507 e. The Bertz CT molecular complexity index is 2440. The molecule has 0 atom stereocenters. The number of aromatic nitrogens is 3. The van der Waals surface area contributed by atoms with Crippen LogP contribution >= 0.6 is 0 Å². The van der Waals surface area contributed by atoms with E-state index < -0.39 is 6.85 Å². The molecule has 7 aromatic rings. The number of phenols is 1. The molecule has 5 aromatic carbocycles. The molecule has 0 saturated carbocycles. The van der Waals surface area contributed by atoms with E-state index in [1.54, 1.807) is 12.1 Å². The SMILES string of the molecule is [2H]C([2H])([2H])c1ccc(-c2ccnc(-c3cc(-c4cccc5c4nc(-c4cc6c(cc4O)CCCC6)n5-c4ccccc4)cc(C(C)(C)C)c3)c2)cc1. The number of benzene rings is 5. The van der Waals surface area contributed by atoms with Gasteiger partial charge in [-0.1, -0.05) is 87.0 Å². The fourth-order valence-corrected chi connectivity index (χ4v) is 7.10. The zero-order valence-corrected chi connectivity index (χ0v) is 28.2. The third-order valence-corrected chi connectivity index (χ3v) is 9.78. The zero-order valence-electron chi connectivity index (χ0n) is 31.2. The van der Waals surface area contributed by atoms with Crippen LogP contribution in [0.4, 0.5) is 0 Å². The summed E-state index contributed by atoms with van der Waals surface area (Å²) in [7, 11) is 0. The summed E-state index contributed by atoms with van der Waals surface area (Å²) < 4.78 is 25.4. The quantitative estimate of drug-likeness (QED) is 0.203. The number of pyridine rings is 1. The number of para-hydroxylation sites is 2. The molecule has 0 unspecified atom stereocenters. The minimum absolute atomic E-state index is 0.148. The van der Waals surface area contributed by atoms with E-state index >= 15 is 0 Å². The summed E-state index contributed by atoms with van der Waals surface area (Å²) in [5, 5.41) is 11.5. The van der Waals surface area contributed by atoms with Gasteiger partial charge in [0.25, 0.3) is 0 Å². The van der Waals surface area contributed by atoms with Gasteiger partial charge in [0.05, 0.1) is 22.3 Å². The topological polar surface area (TPSA) is 50.9 Å². The van der Waals surface area contributed by atoms with Crippen LogP contribution in [0, 0.1) is 6.85 Å². The monoisotopic (exact) mass is 642 g/mol. The predicted molar refractivity (Wildman–Crippen MR) is 202 cm³/mol. The number of rotatable bonds is 5. The first-order valence-corrected chi connectivity index (χ1v) is 17.1. The second-order valence-corrected chi connectivity index (χ2v) is 14.2. The average molecular weight is 643 g/mol. The molecule has 49 heavy (non-hydrogen) atoms. The van der Waals surface area contributed by atoms with Crippen molar-refractivity contribution in [2.24, 2.45) is 0 Å². The van der Waals surface area contributed by atoms with Crippen LogP contribution in [0.25, 0.3) is 61.6 Å². The van der Waals surface area contributed by atoms with Crippen LogP contribution in [0.5, 0.6) is 5.75 Å².